The molecule has 1 atom stereocenters. The quantitative estimate of drug-likeness (QED) is 0.409. The first kappa shape index (κ1) is 26.5. The first-order chi connectivity index (χ1) is 18.5. The number of halogens is 1. The maximum absolute atomic E-state index is 12.3. The number of fused-ring (bicyclic) bond motifs is 1. The number of nitrogens with zero attached hydrogens (tertiary/aromatic N) is 6. The van der Waals surface area contributed by atoms with E-state index in [0.29, 0.717) is 38.2 Å². The Labute approximate surface area is 236 Å². The van der Waals surface area contributed by atoms with Crippen molar-refractivity contribution in [3.63, 3.8) is 0 Å². The van der Waals surface area contributed by atoms with Crippen molar-refractivity contribution in [3.8, 4) is 17.3 Å². The first-order valence-electron chi connectivity index (χ1n) is 12.9. The Kier molecular flexibility index (Phi) is 8.16. The van der Waals surface area contributed by atoms with Gasteiger partial charge in [0.15, 0.2) is 0 Å². The van der Waals surface area contributed by atoms with E-state index in [2.05, 4.69) is 68.0 Å². The number of hydrogen-bond donors (Lipinski definition) is 2. The van der Waals surface area contributed by atoms with Gasteiger partial charge in [0.25, 0.3) is 0 Å². The highest BCUT2D eigenvalue weighted by molar-refractivity contribution is 14.1. The third kappa shape index (κ3) is 5.65. The number of carbonyl (C=O) groups excluding carboxylic acids is 1. The number of amides is 2. The molecule has 0 radical (unpaired) electrons. The van der Waals surface area contributed by atoms with Crippen LogP contribution < -0.4 is 10.2 Å². The Morgan fingerprint density at radius 2 is 1.84 bits per heavy atom. The molecule has 3 heterocycles. The highest BCUT2D eigenvalue weighted by Crippen LogP contribution is 2.31. The van der Waals surface area contributed by atoms with Gasteiger partial charge in [0.05, 0.1) is 36.1 Å². The molecule has 0 aliphatic carbocycles. The molecule has 2 aliphatic heterocycles. The number of β-amino-alcohol motifs (C(OH)–C–C–N with tert-alkyl or cyclic N) is 1. The Bertz CT molecular complexity index is 1330. The number of aromatic nitrogens is 2. The van der Waals surface area contributed by atoms with Gasteiger partial charge in [0.1, 0.15) is 6.07 Å². The number of nitrogens with one attached hydrogen (secondary N) is 1. The van der Waals surface area contributed by atoms with Crippen molar-refractivity contribution < 1.29 is 9.90 Å². The van der Waals surface area contributed by atoms with Gasteiger partial charge >= 0.3 is 6.03 Å². The van der Waals surface area contributed by atoms with Gasteiger partial charge < -0.3 is 20.2 Å². The van der Waals surface area contributed by atoms with Crippen molar-refractivity contribution in [1.29, 1.82) is 5.26 Å². The minimum atomic E-state index is -0.571. The van der Waals surface area contributed by atoms with Gasteiger partial charge in [-0.3, -0.25) is 9.58 Å². The van der Waals surface area contributed by atoms with Crippen molar-refractivity contribution in [2.45, 2.75) is 25.6 Å². The van der Waals surface area contributed by atoms with Crippen LogP contribution in [-0.2, 0) is 19.5 Å². The molecule has 2 N–H and O–H groups in total. The molecule has 1 aromatic heterocycles. The van der Waals surface area contributed by atoms with Crippen LogP contribution in [0.4, 0.5) is 10.5 Å². The zero-order valence-electron chi connectivity index (χ0n) is 21.5. The SMILES string of the molecule is CNC(=O)N1CCc2c(c(-c3ccc(I)cc3)nn2CC(O)CN2CCN(c3ccccc3C#N)CC2)C1. The Morgan fingerprint density at radius 1 is 1.11 bits per heavy atom. The summed E-state index contributed by atoms with van der Waals surface area (Å²) in [5.41, 5.74) is 5.72. The van der Waals surface area contributed by atoms with Crippen LogP contribution in [0.15, 0.2) is 48.5 Å². The van der Waals surface area contributed by atoms with Crippen LogP contribution in [0.1, 0.15) is 16.8 Å². The van der Waals surface area contributed by atoms with E-state index in [-0.39, 0.29) is 6.03 Å². The van der Waals surface area contributed by atoms with Crippen LogP contribution in [0.5, 0.6) is 0 Å². The number of anilines is 1. The third-order valence-electron chi connectivity index (χ3n) is 7.34. The number of nitriles is 1. The fraction of sp³-hybridized carbons (Fsp3) is 0.393. The summed E-state index contributed by atoms with van der Waals surface area (Å²) in [6, 6.07) is 18.2. The molecule has 10 heteroatoms. The standard InChI is InChI=1S/C28H32IN7O2/c1-31-28(38)35-11-10-26-24(19-35)27(20-6-8-22(29)9-7-20)32-36(26)18-23(37)17-33-12-14-34(15-13-33)25-5-3-2-4-21(25)16-30/h2-9,23,37H,10-15,17-19H2,1H3,(H,31,38). The Morgan fingerprint density at radius 3 is 2.55 bits per heavy atom. The Balaban J connectivity index is 1.28. The second kappa shape index (κ2) is 11.7. The molecule has 5 rings (SSSR count). The maximum Gasteiger partial charge on any atom is 0.317 e. The fourth-order valence-corrected chi connectivity index (χ4v) is 5.74. The van der Waals surface area contributed by atoms with E-state index < -0.39 is 6.10 Å². The van der Waals surface area contributed by atoms with E-state index in [1.54, 1.807) is 7.05 Å². The van der Waals surface area contributed by atoms with Crippen molar-refractivity contribution in [2.24, 2.45) is 0 Å². The van der Waals surface area contributed by atoms with Gasteiger partial charge in [-0.15, -0.1) is 0 Å². The monoisotopic (exact) mass is 625 g/mol. The van der Waals surface area contributed by atoms with Crippen LogP contribution in [0.25, 0.3) is 11.3 Å². The third-order valence-corrected chi connectivity index (χ3v) is 8.06. The van der Waals surface area contributed by atoms with Crippen LogP contribution in [0.2, 0.25) is 0 Å². The summed E-state index contributed by atoms with van der Waals surface area (Å²) in [5.74, 6) is 0. The topological polar surface area (TPSA) is 101 Å². The van der Waals surface area contributed by atoms with E-state index in [9.17, 15) is 15.2 Å². The van der Waals surface area contributed by atoms with Gasteiger partial charge in [-0.25, -0.2) is 4.79 Å². The summed E-state index contributed by atoms with van der Waals surface area (Å²) in [7, 11) is 1.65. The molecular formula is C28H32IN7O2. The van der Waals surface area contributed by atoms with Crippen LogP contribution in [0, 0.1) is 14.9 Å². The van der Waals surface area contributed by atoms with Gasteiger partial charge in [-0.05, 0) is 46.9 Å². The van der Waals surface area contributed by atoms with E-state index >= 15 is 0 Å². The molecule has 2 aliphatic rings. The number of rotatable bonds is 6. The molecule has 3 aromatic rings. The summed E-state index contributed by atoms with van der Waals surface area (Å²) in [5, 5.41) is 28.2. The van der Waals surface area contributed by atoms with Gasteiger partial charge in [-0.1, -0.05) is 24.3 Å². The van der Waals surface area contributed by atoms with Crippen molar-refractivity contribution >= 4 is 34.3 Å². The van der Waals surface area contributed by atoms with Crippen LogP contribution in [0.3, 0.4) is 0 Å². The van der Waals surface area contributed by atoms with Crippen LogP contribution >= 0.6 is 22.6 Å². The highest BCUT2D eigenvalue weighted by Gasteiger charge is 2.29. The molecule has 0 saturated carbocycles. The van der Waals surface area contributed by atoms with Crippen molar-refractivity contribution in [3.05, 3.63) is 68.9 Å². The molecule has 0 spiro atoms. The zero-order valence-corrected chi connectivity index (χ0v) is 23.6. The van der Waals surface area contributed by atoms with E-state index in [1.807, 2.05) is 33.8 Å². The molecular weight excluding hydrogens is 593 g/mol. The Hall–Kier alpha value is -3.14. The summed E-state index contributed by atoms with van der Waals surface area (Å²) in [6.45, 7) is 5.36. The number of para-hydroxylation sites is 1. The van der Waals surface area contributed by atoms with E-state index in [1.165, 1.54) is 0 Å². The second-order valence-electron chi connectivity index (χ2n) is 9.76. The van der Waals surface area contributed by atoms with Gasteiger partial charge in [0.2, 0.25) is 0 Å². The summed E-state index contributed by atoms with van der Waals surface area (Å²) in [6.07, 6.45) is 0.127. The maximum atomic E-state index is 12.3. The lowest BCUT2D eigenvalue weighted by atomic mass is 10.0. The van der Waals surface area contributed by atoms with Crippen molar-refractivity contribution in [2.75, 3.05) is 51.2 Å². The van der Waals surface area contributed by atoms with Crippen LogP contribution in [-0.4, -0.2) is 83.1 Å². The normalized spacial score (nSPS) is 16.6. The minimum absolute atomic E-state index is 0.0893. The molecule has 2 amide bonds. The fourth-order valence-electron chi connectivity index (χ4n) is 5.38. The molecule has 198 valence electrons. The van der Waals surface area contributed by atoms with Crippen molar-refractivity contribution in [1.82, 2.24) is 24.9 Å². The minimum Gasteiger partial charge on any atom is -0.390 e. The molecule has 2 aromatic carbocycles. The lowest BCUT2D eigenvalue weighted by Crippen LogP contribution is -2.49. The summed E-state index contributed by atoms with van der Waals surface area (Å²) in [4.78, 5) is 18.7. The lowest BCUT2D eigenvalue weighted by molar-refractivity contribution is 0.0909. The number of carbonyl (C=O) groups is 1. The molecule has 1 fully saturated rings. The predicted molar refractivity (Wildman–Crippen MR) is 155 cm³/mol. The number of urea groups is 1. The van der Waals surface area contributed by atoms with E-state index in [4.69, 9.17) is 5.10 Å². The number of benzene rings is 2. The number of aliphatic hydroxyl groups is 1. The lowest BCUT2D eigenvalue weighted by Gasteiger charge is -2.37. The average molecular weight is 626 g/mol. The number of aliphatic hydroxyl groups excluding tert-OH is 1. The first-order valence-corrected chi connectivity index (χ1v) is 14.0. The average Bonchev–Trinajstić information content (AvgIpc) is 3.30. The molecule has 0 bridgehead atoms. The molecule has 1 unspecified atom stereocenters. The summed E-state index contributed by atoms with van der Waals surface area (Å²) < 4.78 is 3.10. The molecule has 38 heavy (non-hydrogen) atoms. The number of piperazine rings is 1. The largest absolute Gasteiger partial charge is 0.390 e. The molecule has 1 saturated heterocycles. The van der Waals surface area contributed by atoms with Gasteiger partial charge in [-0.2, -0.15) is 10.4 Å². The van der Waals surface area contributed by atoms with Gasteiger partial charge in [0, 0.05) is 73.1 Å². The molecule has 9 nitrogen and oxygen atoms in total. The van der Waals surface area contributed by atoms with E-state index in [0.717, 1.165) is 58.0 Å². The predicted octanol–water partition coefficient (Wildman–Crippen LogP) is 2.91. The highest BCUT2D eigenvalue weighted by atomic mass is 127. The summed E-state index contributed by atoms with van der Waals surface area (Å²) >= 11 is 2.29. The smallest absolute Gasteiger partial charge is 0.317 e. The second-order valence-corrected chi connectivity index (χ2v) is 11.0. The zero-order chi connectivity index (χ0) is 26.6. The number of hydrogen-bond acceptors (Lipinski definition) is 6.